The van der Waals surface area contributed by atoms with Gasteiger partial charge < -0.3 is 4.57 Å². The zero-order valence-electron chi connectivity index (χ0n) is 9.97. The van der Waals surface area contributed by atoms with Crippen LogP contribution in [0.15, 0.2) is 33.1 Å². The van der Waals surface area contributed by atoms with Gasteiger partial charge in [0.15, 0.2) is 0 Å². The van der Waals surface area contributed by atoms with Crippen molar-refractivity contribution < 1.29 is 8.42 Å². The van der Waals surface area contributed by atoms with Crippen LogP contribution in [0.25, 0.3) is 0 Å². The van der Waals surface area contributed by atoms with E-state index in [1.165, 1.54) is 11.3 Å². The molecule has 0 aromatic carbocycles. The number of nitrogens with one attached hydrogen (secondary N) is 1. The predicted octanol–water partition coefficient (Wildman–Crippen LogP) is 2.64. The van der Waals surface area contributed by atoms with Crippen molar-refractivity contribution in [2.45, 2.75) is 18.4 Å². The van der Waals surface area contributed by atoms with Gasteiger partial charge in [-0.3, -0.25) is 0 Å². The molecule has 0 unspecified atom stereocenters. The standard InChI is InChI=1S/C11H13BrN2O2S2/c1-8-10(6-11(12)17-8)18(15,16)13-7-9-4-3-5-14(9)2/h3-6,13H,7H2,1-2H3. The Bertz CT molecular complexity index is 658. The van der Waals surface area contributed by atoms with Crippen molar-refractivity contribution in [2.75, 3.05) is 0 Å². The van der Waals surface area contributed by atoms with Gasteiger partial charge in [-0.2, -0.15) is 0 Å². The summed E-state index contributed by atoms with van der Waals surface area (Å²) >= 11 is 4.71. The smallest absolute Gasteiger partial charge is 0.242 e. The zero-order valence-corrected chi connectivity index (χ0v) is 13.2. The quantitative estimate of drug-likeness (QED) is 0.923. The maximum Gasteiger partial charge on any atom is 0.242 e. The Morgan fingerprint density at radius 3 is 2.72 bits per heavy atom. The molecule has 0 aliphatic rings. The molecular formula is C11H13BrN2O2S2. The first kappa shape index (κ1) is 13.8. The van der Waals surface area contributed by atoms with Gasteiger partial charge in [-0.1, -0.05) is 0 Å². The molecule has 2 aromatic heterocycles. The van der Waals surface area contributed by atoms with Crippen molar-refractivity contribution in [3.63, 3.8) is 0 Å². The van der Waals surface area contributed by atoms with Crippen LogP contribution in [0.2, 0.25) is 0 Å². The fraction of sp³-hybridized carbons (Fsp3) is 0.273. The van der Waals surface area contributed by atoms with Crippen molar-refractivity contribution in [3.05, 3.63) is 38.8 Å². The number of nitrogens with zero attached hydrogens (tertiary/aromatic N) is 1. The molecule has 0 radical (unpaired) electrons. The summed E-state index contributed by atoms with van der Waals surface area (Å²) in [5.41, 5.74) is 0.922. The van der Waals surface area contributed by atoms with Gasteiger partial charge in [0.25, 0.3) is 0 Å². The zero-order chi connectivity index (χ0) is 13.3. The summed E-state index contributed by atoms with van der Waals surface area (Å²) in [7, 11) is -1.56. The first-order chi connectivity index (χ1) is 8.40. The van der Waals surface area contributed by atoms with Crippen molar-refractivity contribution in [1.29, 1.82) is 0 Å². The predicted molar refractivity (Wildman–Crippen MR) is 76.2 cm³/mol. The molecule has 0 atom stereocenters. The molecule has 0 fully saturated rings. The van der Waals surface area contributed by atoms with Crippen molar-refractivity contribution >= 4 is 37.3 Å². The third-order valence-corrected chi connectivity index (χ3v) is 5.84. The van der Waals surface area contributed by atoms with E-state index in [-0.39, 0.29) is 0 Å². The van der Waals surface area contributed by atoms with Crippen LogP contribution in [0.1, 0.15) is 10.6 Å². The lowest BCUT2D eigenvalue weighted by Crippen LogP contribution is -2.24. The lowest BCUT2D eigenvalue weighted by Gasteiger charge is -2.07. The lowest BCUT2D eigenvalue weighted by molar-refractivity contribution is 0.579. The largest absolute Gasteiger partial charge is 0.353 e. The molecule has 0 bridgehead atoms. The van der Waals surface area contributed by atoms with Gasteiger partial charge in [0.2, 0.25) is 10.0 Å². The first-order valence-electron chi connectivity index (χ1n) is 5.26. The van der Waals surface area contributed by atoms with Crippen LogP contribution in [-0.2, 0) is 23.6 Å². The van der Waals surface area contributed by atoms with Crippen LogP contribution in [0, 0.1) is 6.92 Å². The first-order valence-corrected chi connectivity index (χ1v) is 8.35. The highest BCUT2D eigenvalue weighted by Crippen LogP contribution is 2.29. The topological polar surface area (TPSA) is 51.1 Å². The lowest BCUT2D eigenvalue weighted by atomic mass is 10.4. The number of rotatable bonds is 4. The fourth-order valence-corrected chi connectivity index (χ4v) is 5.04. The van der Waals surface area contributed by atoms with Crippen LogP contribution in [0.3, 0.4) is 0 Å². The van der Waals surface area contributed by atoms with E-state index < -0.39 is 10.0 Å². The Morgan fingerprint density at radius 2 is 2.22 bits per heavy atom. The van der Waals surface area contributed by atoms with Gasteiger partial charge in [0.05, 0.1) is 15.2 Å². The summed E-state index contributed by atoms with van der Waals surface area (Å²) in [5.74, 6) is 0. The summed E-state index contributed by atoms with van der Waals surface area (Å²) in [4.78, 5) is 1.12. The summed E-state index contributed by atoms with van der Waals surface area (Å²) < 4.78 is 29.6. The Labute approximate surface area is 119 Å². The van der Waals surface area contributed by atoms with E-state index >= 15 is 0 Å². The highest BCUT2D eigenvalue weighted by Gasteiger charge is 2.19. The Morgan fingerprint density at radius 1 is 1.50 bits per heavy atom. The normalized spacial score (nSPS) is 11.9. The third kappa shape index (κ3) is 2.85. The van der Waals surface area contributed by atoms with Crippen molar-refractivity contribution in [3.8, 4) is 0 Å². The molecule has 98 valence electrons. The van der Waals surface area contributed by atoms with E-state index in [4.69, 9.17) is 0 Å². The van der Waals surface area contributed by atoms with E-state index in [1.807, 2.05) is 29.9 Å². The maximum absolute atomic E-state index is 12.1. The number of aryl methyl sites for hydroxylation is 2. The Balaban J connectivity index is 2.18. The van der Waals surface area contributed by atoms with Crippen molar-refractivity contribution in [1.82, 2.24) is 9.29 Å². The molecule has 7 heteroatoms. The summed E-state index contributed by atoms with van der Waals surface area (Å²) in [6.45, 7) is 2.09. The molecule has 2 aromatic rings. The third-order valence-electron chi connectivity index (χ3n) is 2.63. The van der Waals surface area contributed by atoms with Gasteiger partial charge in [0, 0.05) is 23.8 Å². The number of sulfonamides is 1. The Hall–Kier alpha value is -0.630. The van der Waals surface area contributed by atoms with Crippen molar-refractivity contribution in [2.24, 2.45) is 7.05 Å². The average molecular weight is 349 g/mol. The number of aromatic nitrogens is 1. The molecule has 2 heterocycles. The van der Waals surface area contributed by atoms with E-state index in [1.54, 1.807) is 13.0 Å². The maximum atomic E-state index is 12.1. The highest BCUT2D eigenvalue weighted by atomic mass is 79.9. The molecule has 0 amide bonds. The molecule has 0 aliphatic heterocycles. The van der Waals surface area contributed by atoms with Crippen LogP contribution in [0.4, 0.5) is 0 Å². The molecule has 0 saturated heterocycles. The summed E-state index contributed by atoms with van der Waals surface area (Å²) in [5, 5.41) is 0. The summed E-state index contributed by atoms with van der Waals surface area (Å²) in [6, 6.07) is 5.41. The van der Waals surface area contributed by atoms with E-state index in [9.17, 15) is 8.42 Å². The fourth-order valence-electron chi connectivity index (χ4n) is 1.62. The minimum atomic E-state index is -3.45. The molecule has 2 rings (SSSR count). The van der Waals surface area contributed by atoms with E-state index in [0.717, 1.165) is 14.4 Å². The SMILES string of the molecule is Cc1sc(Br)cc1S(=O)(=O)NCc1cccn1C. The van der Waals surface area contributed by atoms with Gasteiger partial charge in [-0.15, -0.1) is 11.3 Å². The molecule has 4 nitrogen and oxygen atoms in total. The second-order valence-corrected chi connectivity index (χ2v) is 8.28. The van der Waals surface area contributed by atoms with Crippen LogP contribution in [-0.4, -0.2) is 13.0 Å². The molecular weight excluding hydrogens is 336 g/mol. The highest BCUT2D eigenvalue weighted by molar-refractivity contribution is 9.11. The minimum Gasteiger partial charge on any atom is -0.353 e. The van der Waals surface area contributed by atoms with Gasteiger partial charge in [-0.05, 0) is 41.1 Å². The molecule has 0 saturated carbocycles. The number of hydrogen-bond acceptors (Lipinski definition) is 3. The molecule has 18 heavy (non-hydrogen) atoms. The Kier molecular flexibility index (Phi) is 3.96. The second-order valence-electron chi connectivity index (χ2n) is 3.91. The minimum absolute atomic E-state index is 0.290. The molecule has 1 N–H and O–H groups in total. The average Bonchev–Trinajstić information content (AvgIpc) is 2.82. The van der Waals surface area contributed by atoms with Crippen LogP contribution < -0.4 is 4.72 Å². The second kappa shape index (κ2) is 5.16. The van der Waals surface area contributed by atoms with Gasteiger partial charge in [0.1, 0.15) is 0 Å². The van der Waals surface area contributed by atoms with E-state index in [2.05, 4.69) is 20.7 Å². The van der Waals surface area contributed by atoms with Gasteiger partial charge in [-0.25, -0.2) is 13.1 Å². The molecule has 0 spiro atoms. The summed E-state index contributed by atoms with van der Waals surface area (Å²) in [6.07, 6.45) is 1.88. The van der Waals surface area contributed by atoms with Crippen LogP contribution in [0.5, 0.6) is 0 Å². The van der Waals surface area contributed by atoms with Gasteiger partial charge >= 0.3 is 0 Å². The number of halogens is 1. The van der Waals surface area contributed by atoms with E-state index in [0.29, 0.717) is 11.4 Å². The number of thiophene rings is 1. The monoisotopic (exact) mass is 348 g/mol. The van der Waals surface area contributed by atoms with Crippen LogP contribution >= 0.6 is 27.3 Å². The number of hydrogen-bond donors (Lipinski definition) is 1. The molecule has 0 aliphatic carbocycles.